The van der Waals surface area contributed by atoms with Crippen molar-refractivity contribution < 1.29 is 28.5 Å². The van der Waals surface area contributed by atoms with Gasteiger partial charge in [-0.15, -0.1) is 0 Å². The van der Waals surface area contributed by atoms with Gasteiger partial charge in [0.05, 0.1) is 0 Å². The van der Waals surface area contributed by atoms with Crippen LogP contribution in [0.15, 0.2) is 25.3 Å². The van der Waals surface area contributed by atoms with Gasteiger partial charge < -0.3 is 18.9 Å². The molecule has 0 amide bonds. The van der Waals surface area contributed by atoms with Crippen molar-refractivity contribution in [2.24, 2.45) is 0 Å². The molecule has 2 aliphatic heterocycles. The molecule has 2 fully saturated rings. The van der Waals surface area contributed by atoms with Crippen LogP contribution in [-0.2, 0) is 18.9 Å². The molecule has 0 aromatic heterocycles. The summed E-state index contributed by atoms with van der Waals surface area (Å²) < 4.78 is 19.0. The predicted octanol–water partition coefficient (Wildman–Crippen LogP) is 2.97. The van der Waals surface area contributed by atoms with Crippen molar-refractivity contribution in [1.82, 2.24) is 0 Å². The van der Waals surface area contributed by atoms with Crippen LogP contribution in [0.4, 0.5) is 9.59 Å². The van der Waals surface area contributed by atoms with Crippen molar-refractivity contribution in [2.45, 2.75) is 51.1 Å². The molecule has 0 aliphatic carbocycles. The molecule has 4 atom stereocenters. The van der Waals surface area contributed by atoms with Gasteiger partial charge >= 0.3 is 12.3 Å². The highest BCUT2D eigenvalue weighted by molar-refractivity contribution is 5.63. The lowest BCUT2D eigenvalue weighted by Gasteiger charge is -2.06. The van der Waals surface area contributed by atoms with Gasteiger partial charge in [0.15, 0.2) is 12.2 Å². The van der Waals surface area contributed by atoms with Crippen molar-refractivity contribution in [2.75, 3.05) is 0 Å². The Morgan fingerprint density at radius 2 is 1.20 bits per heavy atom. The van der Waals surface area contributed by atoms with E-state index in [4.69, 9.17) is 18.9 Å². The highest BCUT2D eigenvalue weighted by atomic mass is 16.8. The van der Waals surface area contributed by atoms with E-state index in [-0.39, 0.29) is 24.4 Å². The number of carbonyl (C=O) groups is 2. The SMILES string of the molecule is C=CC1OC(=O)OC1CC.C=CC1OC(=O)OC1CC. The monoisotopic (exact) mass is 284 g/mol. The molecular weight excluding hydrogens is 264 g/mol. The molecule has 112 valence electrons. The zero-order valence-corrected chi connectivity index (χ0v) is 11.7. The van der Waals surface area contributed by atoms with E-state index >= 15 is 0 Å². The zero-order chi connectivity index (χ0) is 15.1. The van der Waals surface area contributed by atoms with Crippen LogP contribution in [0.3, 0.4) is 0 Å². The summed E-state index contributed by atoms with van der Waals surface area (Å²) in [4.78, 5) is 21.0. The number of rotatable bonds is 4. The predicted molar refractivity (Wildman–Crippen MR) is 71.3 cm³/mol. The molecule has 0 spiro atoms. The highest BCUT2D eigenvalue weighted by Gasteiger charge is 2.33. The van der Waals surface area contributed by atoms with Crippen molar-refractivity contribution in [1.29, 1.82) is 0 Å². The molecular formula is C14H20O6. The summed E-state index contributed by atoms with van der Waals surface area (Å²) >= 11 is 0. The second kappa shape index (κ2) is 7.57. The fourth-order valence-corrected chi connectivity index (χ4v) is 1.84. The minimum Gasteiger partial charge on any atom is -0.427 e. The molecule has 4 unspecified atom stereocenters. The van der Waals surface area contributed by atoms with Gasteiger partial charge in [-0.25, -0.2) is 9.59 Å². The summed E-state index contributed by atoms with van der Waals surface area (Å²) in [7, 11) is 0. The lowest BCUT2D eigenvalue weighted by atomic mass is 10.1. The molecule has 0 radical (unpaired) electrons. The smallest absolute Gasteiger partial charge is 0.427 e. The van der Waals surface area contributed by atoms with Crippen LogP contribution < -0.4 is 0 Å². The van der Waals surface area contributed by atoms with Gasteiger partial charge in [-0.1, -0.05) is 27.0 Å². The maximum absolute atomic E-state index is 10.5. The van der Waals surface area contributed by atoms with Gasteiger partial charge in [-0.05, 0) is 25.0 Å². The van der Waals surface area contributed by atoms with Crippen molar-refractivity contribution in [3.8, 4) is 0 Å². The first-order valence-corrected chi connectivity index (χ1v) is 6.55. The fourth-order valence-electron chi connectivity index (χ4n) is 1.84. The van der Waals surface area contributed by atoms with Gasteiger partial charge in [0.2, 0.25) is 0 Å². The molecule has 0 bridgehead atoms. The summed E-state index contributed by atoms with van der Waals surface area (Å²) in [5.41, 5.74) is 0. The summed E-state index contributed by atoms with van der Waals surface area (Å²) in [6.07, 6.45) is 2.75. The molecule has 6 nitrogen and oxygen atoms in total. The summed E-state index contributed by atoms with van der Waals surface area (Å²) in [5, 5.41) is 0. The van der Waals surface area contributed by atoms with Crippen LogP contribution in [0.5, 0.6) is 0 Å². The van der Waals surface area contributed by atoms with Crippen LogP contribution in [0.2, 0.25) is 0 Å². The first-order valence-electron chi connectivity index (χ1n) is 6.55. The zero-order valence-electron chi connectivity index (χ0n) is 11.7. The highest BCUT2D eigenvalue weighted by Crippen LogP contribution is 2.18. The number of ether oxygens (including phenoxy) is 4. The topological polar surface area (TPSA) is 71.1 Å². The Labute approximate surface area is 118 Å². The van der Waals surface area contributed by atoms with E-state index in [2.05, 4.69) is 13.2 Å². The Morgan fingerprint density at radius 1 is 0.850 bits per heavy atom. The van der Waals surface area contributed by atoms with Gasteiger partial charge in [0.1, 0.15) is 12.2 Å². The minimum absolute atomic E-state index is 0.134. The number of cyclic esters (lactones) is 4. The van der Waals surface area contributed by atoms with Crippen LogP contribution >= 0.6 is 0 Å². The Bertz CT molecular complexity index is 342. The van der Waals surface area contributed by atoms with Crippen molar-refractivity contribution in [3.63, 3.8) is 0 Å². The average molecular weight is 284 g/mol. The van der Waals surface area contributed by atoms with Gasteiger partial charge in [0.25, 0.3) is 0 Å². The molecule has 2 aliphatic rings. The van der Waals surface area contributed by atoms with Crippen molar-refractivity contribution in [3.05, 3.63) is 25.3 Å². The minimum atomic E-state index is -0.586. The normalized spacial score (nSPS) is 31.1. The molecule has 2 rings (SSSR count). The molecule has 6 heteroatoms. The Hall–Kier alpha value is -1.98. The maximum Gasteiger partial charge on any atom is 0.509 e. The quantitative estimate of drug-likeness (QED) is 0.584. The third-order valence-corrected chi connectivity index (χ3v) is 2.96. The second-order valence-electron chi connectivity index (χ2n) is 4.27. The standard InChI is InChI=1S/2C7H10O3/c2*1-3-5-6(4-2)10-7(8)9-5/h2*3,5-6H,1,4H2,2H3. The van der Waals surface area contributed by atoms with Gasteiger partial charge in [-0.2, -0.15) is 0 Å². The summed E-state index contributed by atoms with van der Waals surface area (Å²) in [6.45, 7) is 10.9. The van der Waals surface area contributed by atoms with Gasteiger partial charge in [0, 0.05) is 0 Å². The van der Waals surface area contributed by atoms with Crippen molar-refractivity contribution >= 4 is 12.3 Å². The Balaban J connectivity index is 0.000000200. The molecule has 0 saturated carbocycles. The molecule has 0 N–H and O–H groups in total. The number of hydrogen-bond acceptors (Lipinski definition) is 6. The largest absolute Gasteiger partial charge is 0.509 e. The molecule has 20 heavy (non-hydrogen) atoms. The summed E-state index contributed by atoms with van der Waals surface area (Å²) in [6, 6.07) is 0. The lowest BCUT2D eigenvalue weighted by molar-refractivity contribution is 0.115. The second-order valence-corrected chi connectivity index (χ2v) is 4.27. The fraction of sp³-hybridized carbons (Fsp3) is 0.571. The maximum atomic E-state index is 10.5. The third-order valence-electron chi connectivity index (χ3n) is 2.96. The lowest BCUT2D eigenvalue weighted by Crippen LogP contribution is -2.18. The van der Waals surface area contributed by atoms with Crippen LogP contribution in [-0.4, -0.2) is 36.7 Å². The van der Waals surface area contributed by atoms with E-state index in [1.54, 1.807) is 12.2 Å². The molecule has 2 heterocycles. The van der Waals surface area contributed by atoms with E-state index in [0.29, 0.717) is 0 Å². The van der Waals surface area contributed by atoms with E-state index in [0.717, 1.165) is 12.8 Å². The van der Waals surface area contributed by atoms with Crippen LogP contribution in [0, 0.1) is 0 Å². The van der Waals surface area contributed by atoms with E-state index in [1.165, 1.54) is 0 Å². The third kappa shape index (κ3) is 4.01. The number of carbonyl (C=O) groups excluding carboxylic acids is 2. The Kier molecular flexibility index (Phi) is 6.09. The summed E-state index contributed by atoms with van der Waals surface area (Å²) in [5.74, 6) is 0. The molecule has 0 aromatic rings. The van der Waals surface area contributed by atoms with E-state index in [9.17, 15) is 9.59 Å². The molecule has 2 saturated heterocycles. The van der Waals surface area contributed by atoms with Gasteiger partial charge in [-0.3, -0.25) is 0 Å². The van der Waals surface area contributed by atoms with E-state index in [1.807, 2.05) is 13.8 Å². The molecule has 0 aromatic carbocycles. The first kappa shape index (κ1) is 16.1. The van der Waals surface area contributed by atoms with E-state index < -0.39 is 12.3 Å². The number of hydrogen-bond donors (Lipinski definition) is 0. The first-order chi connectivity index (χ1) is 9.55. The van der Waals surface area contributed by atoms with Crippen LogP contribution in [0.25, 0.3) is 0 Å². The Morgan fingerprint density at radius 3 is 1.40 bits per heavy atom. The average Bonchev–Trinajstić information content (AvgIpc) is 3.00. The van der Waals surface area contributed by atoms with Crippen LogP contribution in [0.1, 0.15) is 26.7 Å².